The lowest BCUT2D eigenvalue weighted by atomic mass is 9.98. The van der Waals surface area contributed by atoms with Crippen molar-refractivity contribution in [2.24, 2.45) is 0 Å². The van der Waals surface area contributed by atoms with Crippen molar-refractivity contribution in [1.82, 2.24) is 0 Å². The van der Waals surface area contributed by atoms with Crippen LogP contribution >= 0.6 is 0 Å². The number of ether oxygens (including phenoxy) is 1. The third-order valence-corrected chi connectivity index (χ3v) is 3.41. The second-order valence-corrected chi connectivity index (χ2v) is 5.35. The van der Waals surface area contributed by atoms with Gasteiger partial charge in [0.2, 0.25) is 0 Å². The zero-order valence-electron chi connectivity index (χ0n) is 13.1. The van der Waals surface area contributed by atoms with Crippen molar-refractivity contribution in [3.05, 3.63) is 65.7 Å². The molecule has 0 saturated heterocycles. The van der Waals surface area contributed by atoms with Crippen LogP contribution in [-0.4, -0.2) is 18.5 Å². The predicted octanol–water partition coefficient (Wildman–Crippen LogP) is 3.64. The Morgan fingerprint density at radius 1 is 1.08 bits per heavy atom. The van der Waals surface area contributed by atoms with Gasteiger partial charge in [0.1, 0.15) is 0 Å². The standard InChI is InChI=1S/C18H17F2NO3/c1-12(13-5-3-2-4-6-13)9-18(23)24-11-17(22)21-14-7-8-15(19)16(20)10-14/h2-8,10,12H,9,11H2,1H3,(H,21,22). The average molecular weight is 333 g/mol. The van der Waals surface area contributed by atoms with E-state index in [0.29, 0.717) is 0 Å². The summed E-state index contributed by atoms with van der Waals surface area (Å²) in [6, 6.07) is 12.4. The van der Waals surface area contributed by atoms with Crippen molar-refractivity contribution in [3.8, 4) is 0 Å². The number of hydrogen-bond acceptors (Lipinski definition) is 3. The van der Waals surface area contributed by atoms with Crippen molar-refractivity contribution < 1.29 is 23.1 Å². The van der Waals surface area contributed by atoms with Gasteiger partial charge in [-0.25, -0.2) is 8.78 Å². The lowest BCUT2D eigenvalue weighted by molar-refractivity contribution is -0.147. The highest BCUT2D eigenvalue weighted by Crippen LogP contribution is 2.19. The fourth-order valence-electron chi connectivity index (χ4n) is 2.13. The van der Waals surface area contributed by atoms with Gasteiger partial charge in [-0.3, -0.25) is 9.59 Å². The molecule has 0 aliphatic heterocycles. The molecule has 0 aliphatic rings. The highest BCUT2D eigenvalue weighted by atomic mass is 19.2. The summed E-state index contributed by atoms with van der Waals surface area (Å²) in [6.45, 7) is 1.40. The summed E-state index contributed by atoms with van der Waals surface area (Å²) in [4.78, 5) is 23.4. The van der Waals surface area contributed by atoms with E-state index in [0.717, 1.165) is 17.7 Å². The topological polar surface area (TPSA) is 55.4 Å². The number of carbonyl (C=O) groups excluding carboxylic acids is 2. The summed E-state index contributed by atoms with van der Waals surface area (Å²) in [7, 11) is 0. The first-order chi connectivity index (χ1) is 11.5. The molecular weight excluding hydrogens is 316 g/mol. The van der Waals surface area contributed by atoms with E-state index in [-0.39, 0.29) is 18.0 Å². The SMILES string of the molecule is CC(CC(=O)OCC(=O)Nc1ccc(F)c(F)c1)c1ccccc1. The van der Waals surface area contributed by atoms with Crippen molar-refractivity contribution in [2.45, 2.75) is 19.3 Å². The number of carbonyl (C=O) groups is 2. The van der Waals surface area contributed by atoms with Crippen molar-refractivity contribution >= 4 is 17.6 Å². The molecule has 24 heavy (non-hydrogen) atoms. The van der Waals surface area contributed by atoms with Gasteiger partial charge in [-0.2, -0.15) is 0 Å². The second kappa shape index (κ2) is 8.19. The number of anilines is 1. The monoisotopic (exact) mass is 333 g/mol. The first-order valence-electron chi connectivity index (χ1n) is 7.41. The summed E-state index contributed by atoms with van der Waals surface area (Å²) >= 11 is 0. The first-order valence-corrected chi connectivity index (χ1v) is 7.41. The molecule has 0 aliphatic carbocycles. The number of esters is 1. The Hall–Kier alpha value is -2.76. The number of hydrogen-bond donors (Lipinski definition) is 1. The summed E-state index contributed by atoms with van der Waals surface area (Å²) in [5.41, 5.74) is 1.09. The fourth-order valence-corrected chi connectivity index (χ4v) is 2.13. The number of amides is 1. The summed E-state index contributed by atoms with van der Waals surface area (Å²) < 4.78 is 30.7. The van der Waals surface area contributed by atoms with Crippen LogP contribution < -0.4 is 5.32 Å². The largest absolute Gasteiger partial charge is 0.456 e. The molecule has 1 N–H and O–H groups in total. The minimum atomic E-state index is -1.07. The molecule has 1 amide bonds. The third-order valence-electron chi connectivity index (χ3n) is 3.41. The molecule has 126 valence electrons. The van der Waals surface area contributed by atoms with E-state index in [9.17, 15) is 18.4 Å². The van der Waals surface area contributed by atoms with Gasteiger partial charge in [-0.05, 0) is 23.6 Å². The van der Waals surface area contributed by atoms with E-state index in [2.05, 4.69) is 5.32 Å². The normalized spacial score (nSPS) is 11.6. The Balaban J connectivity index is 1.78. The Morgan fingerprint density at radius 2 is 1.79 bits per heavy atom. The summed E-state index contributed by atoms with van der Waals surface area (Å²) in [6.07, 6.45) is 0.141. The van der Waals surface area contributed by atoms with E-state index >= 15 is 0 Å². The van der Waals surface area contributed by atoms with Crippen LogP contribution in [0, 0.1) is 11.6 Å². The van der Waals surface area contributed by atoms with Crippen LogP contribution in [0.15, 0.2) is 48.5 Å². The van der Waals surface area contributed by atoms with E-state index in [1.807, 2.05) is 37.3 Å². The Kier molecular flexibility index (Phi) is 6.01. The zero-order chi connectivity index (χ0) is 17.5. The maximum absolute atomic E-state index is 13.0. The molecule has 1 atom stereocenters. The number of benzene rings is 2. The van der Waals surface area contributed by atoms with Gasteiger partial charge in [0.15, 0.2) is 18.2 Å². The minimum absolute atomic E-state index is 0.0343. The Labute approximate surface area is 138 Å². The van der Waals surface area contributed by atoms with Crippen LogP contribution in [-0.2, 0) is 14.3 Å². The average Bonchev–Trinajstić information content (AvgIpc) is 2.57. The molecule has 0 fully saturated rings. The lowest BCUT2D eigenvalue weighted by Crippen LogP contribution is -2.21. The van der Waals surface area contributed by atoms with Gasteiger partial charge in [-0.15, -0.1) is 0 Å². The van der Waals surface area contributed by atoms with Crippen molar-refractivity contribution in [2.75, 3.05) is 11.9 Å². The number of halogens is 2. The van der Waals surface area contributed by atoms with Gasteiger partial charge in [0.25, 0.3) is 5.91 Å². The van der Waals surface area contributed by atoms with Gasteiger partial charge < -0.3 is 10.1 Å². The molecule has 0 aromatic heterocycles. The zero-order valence-corrected chi connectivity index (χ0v) is 13.1. The van der Waals surface area contributed by atoms with E-state index in [1.165, 1.54) is 6.07 Å². The maximum atomic E-state index is 13.0. The lowest BCUT2D eigenvalue weighted by Gasteiger charge is -2.11. The molecular formula is C18H17F2NO3. The van der Waals surface area contributed by atoms with Crippen molar-refractivity contribution in [3.63, 3.8) is 0 Å². The molecule has 2 aromatic rings. The number of nitrogens with one attached hydrogen (secondary N) is 1. The van der Waals surface area contributed by atoms with Crippen LogP contribution in [0.4, 0.5) is 14.5 Å². The van der Waals surface area contributed by atoms with Gasteiger partial charge in [0.05, 0.1) is 6.42 Å². The molecule has 2 aromatic carbocycles. The van der Waals surface area contributed by atoms with Crippen LogP contribution in [0.5, 0.6) is 0 Å². The molecule has 0 saturated carbocycles. The first kappa shape index (κ1) is 17.6. The fraction of sp³-hybridized carbons (Fsp3) is 0.222. The third kappa shape index (κ3) is 5.15. The predicted molar refractivity (Wildman–Crippen MR) is 85.4 cm³/mol. The molecule has 0 spiro atoms. The Morgan fingerprint density at radius 3 is 2.46 bits per heavy atom. The van der Waals surface area contributed by atoms with Gasteiger partial charge >= 0.3 is 5.97 Å². The summed E-state index contributed by atoms with van der Waals surface area (Å²) in [5, 5.41) is 2.33. The Bertz CT molecular complexity index is 719. The van der Waals surface area contributed by atoms with Gasteiger partial charge in [0, 0.05) is 11.8 Å². The van der Waals surface area contributed by atoms with Crippen LogP contribution in [0.25, 0.3) is 0 Å². The smallest absolute Gasteiger partial charge is 0.306 e. The van der Waals surface area contributed by atoms with Crippen molar-refractivity contribution in [1.29, 1.82) is 0 Å². The maximum Gasteiger partial charge on any atom is 0.306 e. The van der Waals surface area contributed by atoms with E-state index < -0.39 is 30.1 Å². The minimum Gasteiger partial charge on any atom is -0.456 e. The summed E-state index contributed by atoms with van der Waals surface area (Å²) in [5.74, 6) is -3.24. The molecule has 4 nitrogen and oxygen atoms in total. The van der Waals surface area contributed by atoms with E-state index in [4.69, 9.17) is 4.74 Å². The highest BCUT2D eigenvalue weighted by molar-refractivity contribution is 5.92. The molecule has 0 bridgehead atoms. The molecule has 0 radical (unpaired) electrons. The van der Waals surface area contributed by atoms with Crippen LogP contribution in [0.1, 0.15) is 24.8 Å². The second-order valence-electron chi connectivity index (χ2n) is 5.35. The highest BCUT2D eigenvalue weighted by Gasteiger charge is 2.14. The molecule has 1 unspecified atom stereocenters. The molecule has 6 heteroatoms. The van der Waals surface area contributed by atoms with Gasteiger partial charge in [-0.1, -0.05) is 37.3 Å². The number of rotatable bonds is 6. The molecule has 0 heterocycles. The van der Waals surface area contributed by atoms with Crippen LogP contribution in [0.3, 0.4) is 0 Å². The molecule has 2 rings (SSSR count). The van der Waals surface area contributed by atoms with E-state index in [1.54, 1.807) is 0 Å². The van der Waals surface area contributed by atoms with Crippen LogP contribution in [0.2, 0.25) is 0 Å². The quantitative estimate of drug-likeness (QED) is 0.821.